The smallest absolute Gasteiger partial charge is 0.223 e. The fourth-order valence-electron chi connectivity index (χ4n) is 4.33. The molecule has 2 aromatic rings. The second-order valence-electron chi connectivity index (χ2n) is 9.36. The summed E-state index contributed by atoms with van der Waals surface area (Å²) in [7, 11) is -1.83. The molecule has 0 heterocycles. The van der Waals surface area contributed by atoms with Gasteiger partial charge in [0.1, 0.15) is 5.75 Å². The molecule has 0 aliphatic carbocycles. The maximum absolute atomic E-state index is 13.3. The molecule has 0 saturated heterocycles. The van der Waals surface area contributed by atoms with Crippen LogP contribution in [0.4, 0.5) is 0 Å². The molecule has 0 aliphatic heterocycles. The lowest BCUT2D eigenvalue weighted by molar-refractivity contribution is -0.133. The van der Waals surface area contributed by atoms with Gasteiger partial charge in [-0.2, -0.15) is 0 Å². The molecule has 8 heteroatoms. The minimum absolute atomic E-state index is 0.0113. The number of hydrogen-bond donors (Lipinski definition) is 2. The van der Waals surface area contributed by atoms with Crippen LogP contribution in [-0.2, 0) is 27.6 Å². The van der Waals surface area contributed by atoms with Gasteiger partial charge in [-0.15, -0.1) is 0 Å². The Morgan fingerprint density at radius 1 is 1.03 bits per heavy atom. The van der Waals surface area contributed by atoms with Gasteiger partial charge in [-0.1, -0.05) is 69.2 Å². The number of aliphatic hydroxyl groups is 1. The number of aliphatic hydroxyl groups excluding tert-OH is 1. The first-order valence-corrected chi connectivity index (χ1v) is 14.5. The van der Waals surface area contributed by atoms with Gasteiger partial charge >= 0.3 is 0 Å². The highest BCUT2D eigenvalue weighted by Gasteiger charge is 2.27. The van der Waals surface area contributed by atoms with Crippen molar-refractivity contribution in [2.24, 2.45) is 5.73 Å². The number of benzene rings is 2. The molecule has 1 amide bonds. The van der Waals surface area contributed by atoms with Crippen LogP contribution < -0.4 is 10.5 Å². The molecule has 0 spiro atoms. The molecule has 2 aromatic carbocycles. The van der Waals surface area contributed by atoms with Crippen LogP contribution in [0.1, 0.15) is 57.1 Å². The first-order valence-electron chi connectivity index (χ1n) is 12.8. The van der Waals surface area contributed by atoms with Crippen LogP contribution in [0.15, 0.2) is 54.6 Å². The third kappa shape index (κ3) is 9.56. The first kappa shape index (κ1) is 29.8. The number of carbonyl (C=O) groups excluding carboxylic acids is 1. The summed E-state index contributed by atoms with van der Waals surface area (Å²) < 4.78 is 31.2. The van der Waals surface area contributed by atoms with E-state index in [0.717, 1.165) is 24.0 Å². The van der Waals surface area contributed by atoms with Gasteiger partial charge in [0.15, 0.2) is 9.84 Å². The maximum atomic E-state index is 13.3. The zero-order chi connectivity index (χ0) is 26.6. The first-order chi connectivity index (χ1) is 17.2. The molecule has 2 atom stereocenters. The number of nitrogens with two attached hydrogens (primary N) is 1. The van der Waals surface area contributed by atoms with Crippen LogP contribution in [0.5, 0.6) is 5.75 Å². The highest BCUT2D eigenvalue weighted by molar-refractivity contribution is 7.92. The zero-order valence-electron chi connectivity index (χ0n) is 21.8. The molecule has 0 unspecified atom stereocenters. The number of hydrogen-bond acceptors (Lipinski definition) is 6. The SMILES string of the molecule is CCCC(CCC)S(=O)(=O)CCC(=O)N(Cc1cccc(OC)c1)C[C@@H](O)[C@@H](N)Cc1ccccc1. The topological polar surface area (TPSA) is 110 Å². The summed E-state index contributed by atoms with van der Waals surface area (Å²) in [6.45, 7) is 4.18. The lowest BCUT2D eigenvalue weighted by Gasteiger charge is -2.29. The summed E-state index contributed by atoms with van der Waals surface area (Å²) in [6, 6.07) is 16.4. The number of rotatable bonds is 16. The van der Waals surface area contributed by atoms with E-state index in [4.69, 9.17) is 10.5 Å². The Bertz CT molecular complexity index is 1020. The van der Waals surface area contributed by atoms with Crippen molar-refractivity contribution in [3.05, 3.63) is 65.7 Å². The molecule has 2 rings (SSSR count). The molecule has 0 saturated carbocycles. The molecule has 7 nitrogen and oxygen atoms in total. The predicted octanol–water partition coefficient (Wildman–Crippen LogP) is 3.73. The van der Waals surface area contributed by atoms with E-state index in [2.05, 4.69) is 0 Å². The van der Waals surface area contributed by atoms with E-state index in [1.54, 1.807) is 7.11 Å². The minimum atomic E-state index is -3.40. The lowest BCUT2D eigenvalue weighted by Crippen LogP contribution is -2.46. The van der Waals surface area contributed by atoms with Crippen molar-refractivity contribution in [3.63, 3.8) is 0 Å². The van der Waals surface area contributed by atoms with Gasteiger partial charge in [0.2, 0.25) is 5.91 Å². The average Bonchev–Trinajstić information content (AvgIpc) is 2.87. The third-order valence-electron chi connectivity index (χ3n) is 6.41. The summed E-state index contributed by atoms with van der Waals surface area (Å²) in [5.41, 5.74) is 8.10. The van der Waals surface area contributed by atoms with Crippen molar-refractivity contribution >= 4 is 15.7 Å². The van der Waals surface area contributed by atoms with Crippen LogP contribution in [0.3, 0.4) is 0 Å². The van der Waals surface area contributed by atoms with Crippen LogP contribution in [0.2, 0.25) is 0 Å². The molecule has 3 N–H and O–H groups in total. The highest BCUT2D eigenvalue weighted by atomic mass is 32.2. The van der Waals surface area contributed by atoms with E-state index in [1.807, 2.05) is 68.4 Å². The molecule has 0 aliphatic rings. The number of ether oxygens (including phenoxy) is 1. The number of amides is 1. The zero-order valence-corrected chi connectivity index (χ0v) is 22.6. The Labute approximate surface area is 216 Å². The second-order valence-corrected chi connectivity index (χ2v) is 11.8. The molecule has 36 heavy (non-hydrogen) atoms. The van der Waals surface area contributed by atoms with Crippen LogP contribution in [0, 0.1) is 0 Å². The molecule has 0 fully saturated rings. The normalized spacial score (nSPS) is 13.4. The summed E-state index contributed by atoms with van der Waals surface area (Å²) >= 11 is 0. The Balaban J connectivity index is 2.15. The third-order valence-corrected chi connectivity index (χ3v) is 8.67. The van der Waals surface area contributed by atoms with Crippen molar-refractivity contribution in [1.82, 2.24) is 4.90 Å². The Morgan fingerprint density at radius 3 is 2.28 bits per heavy atom. The van der Waals surface area contributed by atoms with E-state index >= 15 is 0 Å². The van der Waals surface area contributed by atoms with E-state index < -0.39 is 27.2 Å². The summed E-state index contributed by atoms with van der Waals surface area (Å²) in [6.07, 6.45) is 2.14. The van der Waals surface area contributed by atoms with E-state index in [1.165, 1.54) is 4.90 Å². The van der Waals surface area contributed by atoms with E-state index in [0.29, 0.717) is 25.0 Å². The van der Waals surface area contributed by atoms with Crippen molar-refractivity contribution in [2.75, 3.05) is 19.4 Å². The van der Waals surface area contributed by atoms with Gasteiger partial charge in [-0.25, -0.2) is 8.42 Å². The van der Waals surface area contributed by atoms with Crippen LogP contribution in [0.25, 0.3) is 0 Å². The van der Waals surface area contributed by atoms with Gasteiger partial charge in [-0.3, -0.25) is 4.79 Å². The molecule has 0 bridgehead atoms. The molecular formula is C28H42N2O5S. The van der Waals surface area contributed by atoms with Crippen LogP contribution in [-0.4, -0.2) is 61.1 Å². The molecule has 200 valence electrons. The monoisotopic (exact) mass is 518 g/mol. The van der Waals surface area contributed by atoms with Gasteiger partial charge in [0, 0.05) is 25.6 Å². The number of methoxy groups -OCH3 is 1. The van der Waals surface area contributed by atoms with Crippen molar-refractivity contribution in [1.29, 1.82) is 0 Å². The Kier molecular flexibility index (Phi) is 12.4. The van der Waals surface area contributed by atoms with E-state index in [9.17, 15) is 18.3 Å². The highest BCUT2D eigenvalue weighted by Crippen LogP contribution is 2.19. The largest absolute Gasteiger partial charge is 0.497 e. The molecular weight excluding hydrogens is 476 g/mol. The number of carbonyl (C=O) groups is 1. The van der Waals surface area contributed by atoms with Gasteiger partial charge in [-0.05, 0) is 42.5 Å². The average molecular weight is 519 g/mol. The second kappa shape index (κ2) is 15.0. The van der Waals surface area contributed by atoms with Gasteiger partial charge in [0.05, 0.1) is 24.2 Å². The fourth-order valence-corrected chi connectivity index (χ4v) is 6.31. The Hall–Kier alpha value is -2.42. The van der Waals surface area contributed by atoms with Crippen LogP contribution >= 0.6 is 0 Å². The van der Waals surface area contributed by atoms with E-state index in [-0.39, 0.29) is 31.2 Å². The van der Waals surface area contributed by atoms with Gasteiger partial charge < -0.3 is 20.5 Å². The quantitative estimate of drug-likeness (QED) is 0.350. The lowest BCUT2D eigenvalue weighted by atomic mass is 10.0. The van der Waals surface area contributed by atoms with Crippen molar-refractivity contribution < 1.29 is 23.1 Å². The van der Waals surface area contributed by atoms with Gasteiger partial charge in [0.25, 0.3) is 0 Å². The number of sulfone groups is 1. The Morgan fingerprint density at radius 2 is 1.67 bits per heavy atom. The van der Waals surface area contributed by atoms with Crippen molar-refractivity contribution in [2.45, 2.75) is 76.3 Å². The fraction of sp³-hybridized carbons (Fsp3) is 0.536. The summed E-state index contributed by atoms with van der Waals surface area (Å²) in [5.74, 6) is 0.141. The van der Waals surface area contributed by atoms with Crippen molar-refractivity contribution in [3.8, 4) is 5.75 Å². The minimum Gasteiger partial charge on any atom is -0.497 e. The molecule has 0 radical (unpaired) electrons. The number of nitrogens with zero attached hydrogens (tertiary/aromatic N) is 1. The maximum Gasteiger partial charge on any atom is 0.223 e. The predicted molar refractivity (Wildman–Crippen MR) is 145 cm³/mol. The molecule has 0 aromatic heterocycles. The standard InChI is InChI=1S/C28H42N2O5S/c1-4-10-25(11-5-2)36(33,34)17-16-28(32)30(20-23-14-9-15-24(18-23)35-3)21-27(31)26(29)19-22-12-7-6-8-13-22/h6-9,12-15,18,25-27,31H,4-5,10-11,16-17,19-21,29H2,1-3H3/t26-,27+/m0/s1. The summed E-state index contributed by atoms with van der Waals surface area (Å²) in [5, 5.41) is 10.5. The summed E-state index contributed by atoms with van der Waals surface area (Å²) in [4.78, 5) is 14.8.